The summed E-state index contributed by atoms with van der Waals surface area (Å²) >= 11 is 0. The second-order valence-electron chi connectivity index (χ2n) is 4.61. The largest absolute Gasteiger partial charge is 0.422 e. The minimum absolute atomic E-state index is 0.0224. The van der Waals surface area contributed by atoms with Gasteiger partial charge in [-0.3, -0.25) is 14.5 Å². The summed E-state index contributed by atoms with van der Waals surface area (Å²) in [5.74, 6) is -8.55. The maximum Gasteiger partial charge on any atom is 0.422 e. The summed E-state index contributed by atoms with van der Waals surface area (Å²) in [5.41, 5.74) is -4.10. The van der Waals surface area contributed by atoms with E-state index in [9.17, 15) is 35.9 Å². The fourth-order valence-corrected chi connectivity index (χ4v) is 2.00. The highest BCUT2D eigenvalue weighted by Crippen LogP contribution is 2.37. The lowest BCUT2D eigenvalue weighted by Crippen LogP contribution is -2.34. The van der Waals surface area contributed by atoms with E-state index in [4.69, 9.17) is 5.11 Å². The molecule has 0 atom stereocenters. The highest BCUT2D eigenvalue weighted by Gasteiger charge is 2.40. The third kappa shape index (κ3) is 3.07. The topological polar surface area (TPSA) is 69.6 Å². The first-order valence-corrected chi connectivity index (χ1v) is 6.28. The van der Waals surface area contributed by atoms with Crippen molar-refractivity contribution >= 4 is 17.5 Å². The third-order valence-electron chi connectivity index (χ3n) is 3.04. The summed E-state index contributed by atoms with van der Waals surface area (Å²) in [4.78, 5) is 23.8. The second kappa shape index (κ2) is 6.15. The van der Waals surface area contributed by atoms with Crippen LogP contribution in [0.5, 0.6) is 0 Å². The summed E-state index contributed by atoms with van der Waals surface area (Å²) in [6.07, 6.45) is -4.80. The van der Waals surface area contributed by atoms with Crippen LogP contribution in [0.25, 0.3) is 0 Å². The molecule has 1 aliphatic rings. The van der Waals surface area contributed by atoms with Crippen LogP contribution < -0.4 is 5.32 Å². The number of nitrogens with one attached hydrogen (secondary N) is 1. The maximum absolute atomic E-state index is 13.7. The fraction of sp³-hybridized carbons (Fsp3) is 0.231. The average molecular weight is 354 g/mol. The van der Waals surface area contributed by atoms with Gasteiger partial charge in [0.15, 0.2) is 11.6 Å². The van der Waals surface area contributed by atoms with Crippen LogP contribution in [0.1, 0.15) is 5.56 Å². The molecule has 0 fully saturated rings. The molecule has 0 saturated carbocycles. The van der Waals surface area contributed by atoms with Crippen LogP contribution in [-0.4, -0.2) is 35.0 Å². The van der Waals surface area contributed by atoms with Crippen LogP contribution in [0.15, 0.2) is 17.8 Å². The van der Waals surface area contributed by atoms with Gasteiger partial charge in [-0.05, 0) is 0 Å². The van der Waals surface area contributed by atoms with E-state index in [1.165, 1.54) is 0 Å². The summed E-state index contributed by atoms with van der Waals surface area (Å²) < 4.78 is 78.0. The Morgan fingerprint density at radius 1 is 1.12 bits per heavy atom. The fourth-order valence-electron chi connectivity index (χ4n) is 2.00. The molecule has 2 amide bonds. The molecule has 130 valence electrons. The Morgan fingerprint density at radius 2 is 1.75 bits per heavy atom. The quantitative estimate of drug-likeness (QED) is 0.491. The van der Waals surface area contributed by atoms with Gasteiger partial charge >= 0.3 is 6.18 Å². The number of carbonyl (C=O) groups excluding carboxylic acids is 2. The van der Waals surface area contributed by atoms with Crippen molar-refractivity contribution < 1.29 is 41.0 Å². The third-order valence-corrected chi connectivity index (χ3v) is 3.04. The molecule has 2 rings (SSSR count). The highest BCUT2D eigenvalue weighted by molar-refractivity contribution is 6.17. The van der Waals surface area contributed by atoms with Crippen LogP contribution in [-0.2, 0) is 15.8 Å². The number of amides is 2. The van der Waals surface area contributed by atoms with Crippen LogP contribution in [0.4, 0.5) is 32.0 Å². The Labute approximate surface area is 130 Å². The van der Waals surface area contributed by atoms with Gasteiger partial charge in [0.05, 0.1) is 18.8 Å². The van der Waals surface area contributed by atoms with Crippen LogP contribution in [0.3, 0.4) is 0 Å². The monoisotopic (exact) mass is 354 g/mol. The van der Waals surface area contributed by atoms with Crippen LogP contribution >= 0.6 is 0 Å². The Balaban J connectivity index is 2.37. The number of anilines is 1. The molecular weight excluding hydrogens is 346 g/mol. The molecule has 0 radical (unpaired) electrons. The lowest BCUT2D eigenvalue weighted by Gasteiger charge is -2.15. The summed E-state index contributed by atoms with van der Waals surface area (Å²) in [7, 11) is 0. The molecule has 0 aromatic heterocycles. The van der Waals surface area contributed by atoms with Gasteiger partial charge in [-0.25, -0.2) is 13.2 Å². The van der Waals surface area contributed by atoms with E-state index in [2.05, 4.69) is 0 Å². The summed E-state index contributed by atoms with van der Waals surface area (Å²) in [5, 5.41) is 10.6. The molecule has 1 heterocycles. The van der Waals surface area contributed by atoms with E-state index < -0.39 is 59.0 Å². The predicted octanol–water partition coefficient (Wildman–Crippen LogP) is 1.78. The number of β-amino-alcohol motifs (C(OH)–C–C–N with tert-alkyl or cyclic N) is 1. The van der Waals surface area contributed by atoms with Gasteiger partial charge in [0.2, 0.25) is 0 Å². The van der Waals surface area contributed by atoms with Gasteiger partial charge in [0, 0.05) is 12.1 Å². The number of hydrogen-bond acceptors (Lipinski definition) is 4. The maximum atomic E-state index is 13.7. The van der Waals surface area contributed by atoms with Crippen molar-refractivity contribution in [3.63, 3.8) is 0 Å². The van der Waals surface area contributed by atoms with E-state index >= 15 is 0 Å². The average Bonchev–Trinajstić information content (AvgIpc) is 2.71. The van der Waals surface area contributed by atoms with Crippen molar-refractivity contribution in [2.45, 2.75) is 6.18 Å². The van der Waals surface area contributed by atoms with Gasteiger partial charge in [-0.15, -0.1) is 0 Å². The lowest BCUT2D eigenvalue weighted by molar-refractivity contribution is -0.143. The molecule has 24 heavy (non-hydrogen) atoms. The number of aliphatic hydroxyl groups is 1. The SMILES string of the molecule is O=C1C=C(Nc2cc(F)c(C(F)(F)F)c(F)c2F)C(=O)N1CCO. The first-order valence-electron chi connectivity index (χ1n) is 6.28. The molecular formula is C13H8F6N2O3. The number of carbonyl (C=O) groups is 2. The standard InChI is InChI=1S/C13H8F6N2O3/c14-5-3-6(10(15)11(16)9(5)13(17,18)19)20-7-4-8(23)21(1-2-22)12(7)24/h3-4,20,22H,1-2H2. The minimum atomic E-state index is -5.45. The molecule has 0 aliphatic carbocycles. The summed E-state index contributed by atoms with van der Waals surface area (Å²) in [6, 6.07) is 0.0224. The van der Waals surface area contributed by atoms with Crippen molar-refractivity contribution in [3.8, 4) is 0 Å². The van der Waals surface area contributed by atoms with E-state index in [0.29, 0.717) is 11.0 Å². The molecule has 1 aromatic carbocycles. The summed E-state index contributed by atoms with van der Waals surface area (Å²) in [6.45, 7) is -0.936. The zero-order valence-corrected chi connectivity index (χ0v) is 11.5. The number of imide groups is 1. The Morgan fingerprint density at radius 3 is 2.29 bits per heavy atom. The van der Waals surface area contributed by atoms with E-state index in [-0.39, 0.29) is 12.6 Å². The first-order chi connectivity index (χ1) is 11.1. The van der Waals surface area contributed by atoms with E-state index in [0.717, 1.165) is 0 Å². The smallest absolute Gasteiger partial charge is 0.395 e. The van der Waals surface area contributed by atoms with Gasteiger partial charge in [-0.1, -0.05) is 0 Å². The molecule has 0 saturated heterocycles. The number of alkyl halides is 3. The zero-order chi connectivity index (χ0) is 18.2. The van der Waals surface area contributed by atoms with Crippen molar-refractivity contribution in [1.82, 2.24) is 4.90 Å². The Kier molecular flexibility index (Phi) is 4.56. The molecule has 1 aromatic rings. The molecule has 0 spiro atoms. The zero-order valence-electron chi connectivity index (χ0n) is 11.5. The van der Waals surface area contributed by atoms with Crippen molar-refractivity contribution in [1.29, 1.82) is 0 Å². The van der Waals surface area contributed by atoms with Crippen molar-refractivity contribution in [2.75, 3.05) is 18.5 Å². The van der Waals surface area contributed by atoms with Gasteiger partial charge in [-0.2, -0.15) is 13.2 Å². The molecule has 2 N–H and O–H groups in total. The number of rotatable bonds is 4. The Bertz CT molecular complexity index is 744. The molecule has 0 unspecified atom stereocenters. The van der Waals surface area contributed by atoms with Crippen LogP contribution in [0.2, 0.25) is 0 Å². The van der Waals surface area contributed by atoms with Crippen molar-refractivity contribution in [3.05, 3.63) is 40.9 Å². The van der Waals surface area contributed by atoms with Crippen molar-refractivity contribution in [2.24, 2.45) is 0 Å². The molecule has 11 heteroatoms. The number of benzene rings is 1. The number of aliphatic hydroxyl groups excluding tert-OH is 1. The minimum Gasteiger partial charge on any atom is -0.395 e. The molecule has 1 aliphatic heterocycles. The Hall–Kier alpha value is -2.56. The van der Waals surface area contributed by atoms with Gasteiger partial charge in [0.1, 0.15) is 17.1 Å². The number of halogens is 6. The molecule has 0 bridgehead atoms. The predicted molar refractivity (Wildman–Crippen MR) is 66.8 cm³/mol. The number of hydrogen-bond donors (Lipinski definition) is 2. The first kappa shape index (κ1) is 17.8. The van der Waals surface area contributed by atoms with E-state index in [1.807, 2.05) is 5.32 Å². The lowest BCUT2D eigenvalue weighted by atomic mass is 10.1. The number of nitrogens with zero attached hydrogens (tertiary/aromatic N) is 1. The van der Waals surface area contributed by atoms with Gasteiger partial charge < -0.3 is 10.4 Å². The molecule has 5 nitrogen and oxygen atoms in total. The van der Waals surface area contributed by atoms with Crippen LogP contribution in [0, 0.1) is 17.5 Å². The highest BCUT2D eigenvalue weighted by atomic mass is 19.4. The van der Waals surface area contributed by atoms with Gasteiger partial charge in [0.25, 0.3) is 11.8 Å². The van der Waals surface area contributed by atoms with E-state index in [1.54, 1.807) is 0 Å². The normalized spacial score (nSPS) is 15.1. The second-order valence-corrected chi connectivity index (χ2v) is 4.61.